The van der Waals surface area contributed by atoms with Crippen molar-refractivity contribution in [3.8, 4) is 10.6 Å². The fourth-order valence-corrected chi connectivity index (χ4v) is 4.68. The number of rotatable bonds is 6. The SMILES string of the molecule is Cc1ccc(-c2nnc(NC(=O)c3ccc(NS(=O)(=O)c4ccc(C)cc4)cc3)s2)cc1. The van der Waals surface area contributed by atoms with Gasteiger partial charge in [-0.3, -0.25) is 14.8 Å². The van der Waals surface area contributed by atoms with Gasteiger partial charge in [-0.15, -0.1) is 10.2 Å². The summed E-state index contributed by atoms with van der Waals surface area (Å²) in [6.45, 7) is 3.90. The van der Waals surface area contributed by atoms with Gasteiger partial charge in [0.25, 0.3) is 15.9 Å². The van der Waals surface area contributed by atoms with E-state index in [4.69, 9.17) is 0 Å². The molecular weight excluding hydrogens is 444 g/mol. The first-order chi connectivity index (χ1) is 15.3. The lowest BCUT2D eigenvalue weighted by Gasteiger charge is -2.09. The van der Waals surface area contributed by atoms with Crippen molar-refractivity contribution in [2.75, 3.05) is 10.0 Å². The third-order valence-electron chi connectivity index (χ3n) is 4.67. The molecule has 9 heteroatoms. The first-order valence-electron chi connectivity index (χ1n) is 9.72. The summed E-state index contributed by atoms with van der Waals surface area (Å²) in [5, 5.41) is 12.0. The van der Waals surface area contributed by atoms with Crippen LogP contribution in [0.2, 0.25) is 0 Å². The zero-order valence-electron chi connectivity index (χ0n) is 17.4. The number of benzene rings is 3. The smallest absolute Gasteiger partial charge is 0.261 e. The topological polar surface area (TPSA) is 101 Å². The number of aromatic nitrogens is 2. The Morgan fingerprint density at radius 1 is 0.812 bits per heavy atom. The Bertz CT molecular complexity index is 1350. The van der Waals surface area contributed by atoms with E-state index in [0.29, 0.717) is 21.4 Å². The van der Waals surface area contributed by atoms with Gasteiger partial charge in [0, 0.05) is 16.8 Å². The number of nitrogens with one attached hydrogen (secondary N) is 2. The van der Waals surface area contributed by atoms with E-state index in [0.717, 1.165) is 16.7 Å². The molecule has 1 heterocycles. The second-order valence-electron chi connectivity index (χ2n) is 7.23. The molecule has 0 aliphatic heterocycles. The Balaban J connectivity index is 1.42. The molecule has 0 atom stereocenters. The highest BCUT2D eigenvalue weighted by molar-refractivity contribution is 7.92. The number of aryl methyl sites for hydroxylation is 2. The van der Waals surface area contributed by atoms with Crippen LogP contribution in [0, 0.1) is 13.8 Å². The molecule has 4 aromatic rings. The predicted molar refractivity (Wildman–Crippen MR) is 126 cm³/mol. The summed E-state index contributed by atoms with van der Waals surface area (Å²) >= 11 is 1.28. The highest BCUT2D eigenvalue weighted by atomic mass is 32.2. The van der Waals surface area contributed by atoms with Crippen LogP contribution in [0.25, 0.3) is 10.6 Å². The van der Waals surface area contributed by atoms with Crippen molar-refractivity contribution >= 4 is 38.1 Å². The summed E-state index contributed by atoms with van der Waals surface area (Å²) in [5.41, 5.74) is 3.78. The minimum Gasteiger partial charge on any atom is -0.296 e. The number of carbonyl (C=O) groups excluding carboxylic acids is 1. The maximum atomic E-state index is 12.5. The van der Waals surface area contributed by atoms with Crippen LogP contribution < -0.4 is 10.0 Å². The van der Waals surface area contributed by atoms with Crippen LogP contribution >= 0.6 is 11.3 Å². The van der Waals surface area contributed by atoms with Crippen LogP contribution in [-0.4, -0.2) is 24.5 Å². The Labute approximate surface area is 190 Å². The molecule has 0 spiro atoms. The molecule has 0 saturated carbocycles. The van der Waals surface area contributed by atoms with Gasteiger partial charge in [-0.05, 0) is 50.2 Å². The molecule has 2 N–H and O–H groups in total. The Morgan fingerprint density at radius 2 is 1.41 bits per heavy atom. The fraction of sp³-hybridized carbons (Fsp3) is 0.0870. The van der Waals surface area contributed by atoms with Gasteiger partial charge >= 0.3 is 0 Å². The molecule has 7 nitrogen and oxygen atoms in total. The molecule has 4 rings (SSSR count). The number of nitrogens with zero attached hydrogens (tertiary/aromatic N) is 2. The van der Waals surface area contributed by atoms with Crippen molar-refractivity contribution in [2.45, 2.75) is 18.7 Å². The van der Waals surface area contributed by atoms with E-state index >= 15 is 0 Å². The van der Waals surface area contributed by atoms with Gasteiger partial charge < -0.3 is 0 Å². The number of hydrogen-bond acceptors (Lipinski definition) is 6. The van der Waals surface area contributed by atoms with E-state index in [-0.39, 0.29) is 10.8 Å². The molecule has 1 aromatic heterocycles. The number of hydrogen-bond donors (Lipinski definition) is 2. The zero-order chi connectivity index (χ0) is 22.7. The molecule has 162 valence electrons. The van der Waals surface area contributed by atoms with Gasteiger partial charge in [0.15, 0.2) is 0 Å². The monoisotopic (exact) mass is 464 g/mol. The van der Waals surface area contributed by atoms with Gasteiger partial charge in [-0.2, -0.15) is 0 Å². The van der Waals surface area contributed by atoms with E-state index in [9.17, 15) is 13.2 Å². The van der Waals surface area contributed by atoms with E-state index in [1.807, 2.05) is 38.1 Å². The van der Waals surface area contributed by atoms with E-state index in [2.05, 4.69) is 20.2 Å². The summed E-state index contributed by atoms with van der Waals surface area (Å²) in [6, 6.07) is 20.6. The summed E-state index contributed by atoms with van der Waals surface area (Å²) in [4.78, 5) is 12.7. The van der Waals surface area contributed by atoms with Crippen molar-refractivity contribution in [1.82, 2.24) is 10.2 Å². The largest absolute Gasteiger partial charge is 0.296 e. The van der Waals surface area contributed by atoms with Crippen LogP contribution in [0.5, 0.6) is 0 Å². The van der Waals surface area contributed by atoms with Crippen LogP contribution in [0.15, 0.2) is 77.7 Å². The van der Waals surface area contributed by atoms with Crippen LogP contribution in [0.1, 0.15) is 21.5 Å². The molecule has 0 unspecified atom stereocenters. The first-order valence-corrected chi connectivity index (χ1v) is 12.0. The summed E-state index contributed by atoms with van der Waals surface area (Å²) in [7, 11) is -3.71. The minimum atomic E-state index is -3.71. The highest BCUT2D eigenvalue weighted by Gasteiger charge is 2.15. The zero-order valence-corrected chi connectivity index (χ0v) is 19.0. The molecule has 0 bridgehead atoms. The minimum absolute atomic E-state index is 0.172. The van der Waals surface area contributed by atoms with Gasteiger partial charge in [0.2, 0.25) is 5.13 Å². The molecule has 3 aromatic carbocycles. The molecule has 32 heavy (non-hydrogen) atoms. The van der Waals surface area contributed by atoms with E-state index in [1.54, 1.807) is 48.5 Å². The maximum Gasteiger partial charge on any atom is 0.261 e. The average molecular weight is 465 g/mol. The summed E-state index contributed by atoms with van der Waals surface area (Å²) < 4.78 is 27.5. The predicted octanol–water partition coefficient (Wildman–Crippen LogP) is 4.88. The van der Waals surface area contributed by atoms with Gasteiger partial charge in [0.05, 0.1) is 4.90 Å². The Morgan fingerprint density at radius 3 is 2.03 bits per heavy atom. The summed E-state index contributed by atoms with van der Waals surface area (Å²) in [5.74, 6) is -0.357. The molecule has 0 fully saturated rings. The molecule has 0 saturated heterocycles. The van der Waals surface area contributed by atoms with Crippen LogP contribution in [0.3, 0.4) is 0 Å². The molecular formula is C23H20N4O3S2. The summed E-state index contributed by atoms with van der Waals surface area (Å²) in [6.07, 6.45) is 0. The maximum absolute atomic E-state index is 12.5. The second kappa shape index (κ2) is 8.89. The van der Waals surface area contributed by atoms with Crippen molar-refractivity contribution in [3.05, 3.63) is 89.5 Å². The third-order valence-corrected chi connectivity index (χ3v) is 6.96. The van der Waals surface area contributed by atoms with Crippen LogP contribution in [-0.2, 0) is 10.0 Å². The van der Waals surface area contributed by atoms with E-state index < -0.39 is 10.0 Å². The molecule has 0 aliphatic rings. The van der Waals surface area contributed by atoms with Crippen LogP contribution in [0.4, 0.5) is 10.8 Å². The van der Waals surface area contributed by atoms with Crippen molar-refractivity contribution in [3.63, 3.8) is 0 Å². The molecule has 0 radical (unpaired) electrons. The normalized spacial score (nSPS) is 11.2. The van der Waals surface area contributed by atoms with Gasteiger partial charge in [0.1, 0.15) is 5.01 Å². The quantitative estimate of drug-likeness (QED) is 0.424. The average Bonchev–Trinajstić information content (AvgIpc) is 3.23. The number of carbonyl (C=O) groups is 1. The lowest BCUT2D eigenvalue weighted by molar-refractivity contribution is 0.102. The van der Waals surface area contributed by atoms with Crippen molar-refractivity contribution in [1.29, 1.82) is 0 Å². The van der Waals surface area contributed by atoms with Gasteiger partial charge in [-0.1, -0.05) is 58.9 Å². The highest BCUT2D eigenvalue weighted by Crippen LogP contribution is 2.27. The second-order valence-corrected chi connectivity index (χ2v) is 9.89. The molecule has 1 amide bonds. The number of amides is 1. The Kier molecular flexibility index (Phi) is 6.02. The Hall–Kier alpha value is -3.56. The number of sulfonamides is 1. The number of anilines is 2. The first kappa shape index (κ1) is 21.7. The van der Waals surface area contributed by atoms with E-state index in [1.165, 1.54) is 11.3 Å². The van der Waals surface area contributed by atoms with Gasteiger partial charge in [-0.25, -0.2) is 8.42 Å². The lowest BCUT2D eigenvalue weighted by atomic mass is 10.2. The van der Waals surface area contributed by atoms with Crippen molar-refractivity contribution in [2.24, 2.45) is 0 Å². The molecule has 0 aliphatic carbocycles. The standard InChI is InChI=1S/C23H20N4O3S2/c1-15-3-7-18(8-4-15)22-25-26-23(31-22)24-21(28)17-9-11-19(12-10-17)27-32(29,30)20-13-5-16(2)6-14-20/h3-14,27H,1-2H3,(H,24,26,28). The third kappa shape index (κ3) is 5.01. The lowest BCUT2D eigenvalue weighted by Crippen LogP contribution is -2.14. The van der Waals surface area contributed by atoms with Crippen molar-refractivity contribution < 1.29 is 13.2 Å². The fourth-order valence-electron chi connectivity index (χ4n) is 2.88.